The van der Waals surface area contributed by atoms with Gasteiger partial charge in [0.15, 0.2) is 0 Å². The lowest BCUT2D eigenvalue weighted by Crippen LogP contribution is -2.33. The number of furan rings is 1. The molecule has 2 N–H and O–H groups in total. The zero-order chi connectivity index (χ0) is 15.2. The third kappa shape index (κ3) is 4.62. The van der Waals surface area contributed by atoms with Gasteiger partial charge in [0, 0.05) is 6.54 Å². The quantitative estimate of drug-likeness (QED) is 0.823. The highest BCUT2D eigenvalue weighted by molar-refractivity contribution is 5.35. The van der Waals surface area contributed by atoms with Crippen LogP contribution in [0.3, 0.4) is 0 Å². The lowest BCUT2D eigenvalue weighted by atomic mass is 10.1. The Morgan fingerprint density at radius 1 is 1.29 bits per heavy atom. The molecule has 0 aliphatic carbocycles. The minimum atomic E-state index is -0.567. The summed E-state index contributed by atoms with van der Waals surface area (Å²) in [4.78, 5) is 0. The lowest BCUT2D eigenvalue weighted by Gasteiger charge is -2.17. The van der Waals surface area contributed by atoms with Gasteiger partial charge in [0.2, 0.25) is 0 Å². The minimum Gasteiger partial charge on any atom is -0.491 e. The van der Waals surface area contributed by atoms with Gasteiger partial charge in [-0.05, 0) is 44.5 Å². The molecule has 1 unspecified atom stereocenters. The van der Waals surface area contributed by atoms with E-state index in [0.29, 0.717) is 6.54 Å². The van der Waals surface area contributed by atoms with Crippen molar-refractivity contribution in [2.75, 3.05) is 13.2 Å². The summed E-state index contributed by atoms with van der Waals surface area (Å²) in [7, 11) is 0. The molecule has 2 atom stereocenters. The number of ether oxygens (including phenoxy) is 1. The van der Waals surface area contributed by atoms with Gasteiger partial charge < -0.3 is 19.6 Å². The molecule has 0 aliphatic rings. The molecule has 1 heterocycles. The first kappa shape index (κ1) is 15.6. The predicted octanol–water partition coefficient (Wildman–Crippen LogP) is 2.99. The van der Waals surface area contributed by atoms with E-state index in [2.05, 4.69) is 11.4 Å². The van der Waals surface area contributed by atoms with E-state index in [1.54, 1.807) is 6.26 Å². The predicted molar refractivity (Wildman–Crippen MR) is 82.5 cm³/mol. The average molecular weight is 289 g/mol. The number of rotatable bonds is 7. The van der Waals surface area contributed by atoms with Crippen LogP contribution in [0.4, 0.5) is 0 Å². The standard InChI is InChI=1S/C17H23NO3/c1-12-6-7-16(13(2)9-12)21-11-15(19)10-18-14(3)17-5-4-8-20-17/h4-9,14-15,18-19H,10-11H2,1-3H3/t14-,15?/m1/s1. The molecule has 2 aromatic rings. The number of aliphatic hydroxyl groups excluding tert-OH is 1. The van der Waals surface area contributed by atoms with Crippen molar-refractivity contribution in [1.29, 1.82) is 0 Å². The van der Waals surface area contributed by atoms with Gasteiger partial charge in [0.25, 0.3) is 0 Å². The summed E-state index contributed by atoms with van der Waals surface area (Å²) in [6.07, 6.45) is 1.08. The van der Waals surface area contributed by atoms with E-state index < -0.39 is 6.10 Å². The Morgan fingerprint density at radius 2 is 2.10 bits per heavy atom. The molecule has 0 saturated carbocycles. The fraction of sp³-hybridized carbons (Fsp3) is 0.412. The molecule has 0 saturated heterocycles. The Bertz CT molecular complexity index is 551. The Balaban J connectivity index is 1.75. The number of aliphatic hydroxyl groups is 1. The van der Waals surface area contributed by atoms with Crippen molar-refractivity contribution in [2.24, 2.45) is 0 Å². The Morgan fingerprint density at radius 3 is 2.76 bits per heavy atom. The molecule has 4 heteroatoms. The van der Waals surface area contributed by atoms with Gasteiger partial charge in [-0.15, -0.1) is 0 Å². The van der Waals surface area contributed by atoms with E-state index >= 15 is 0 Å². The zero-order valence-corrected chi connectivity index (χ0v) is 12.8. The Kier molecular flexibility index (Phi) is 5.42. The van der Waals surface area contributed by atoms with Crippen molar-refractivity contribution in [3.8, 4) is 5.75 Å². The van der Waals surface area contributed by atoms with Crippen LogP contribution in [0.2, 0.25) is 0 Å². The van der Waals surface area contributed by atoms with Crippen LogP contribution in [0.5, 0.6) is 5.75 Å². The maximum Gasteiger partial charge on any atom is 0.122 e. The topological polar surface area (TPSA) is 54.6 Å². The van der Waals surface area contributed by atoms with E-state index in [9.17, 15) is 5.11 Å². The number of aryl methyl sites for hydroxylation is 2. The third-order valence-corrected chi connectivity index (χ3v) is 3.39. The number of hydrogen-bond donors (Lipinski definition) is 2. The van der Waals surface area contributed by atoms with E-state index in [0.717, 1.165) is 17.1 Å². The van der Waals surface area contributed by atoms with Crippen molar-refractivity contribution in [3.05, 3.63) is 53.5 Å². The summed E-state index contributed by atoms with van der Waals surface area (Å²) in [5.41, 5.74) is 2.29. The Labute approximate surface area is 125 Å². The SMILES string of the molecule is Cc1ccc(OCC(O)CN[C@H](C)c2ccco2)c(C)c1. The maximum atomic E-state index is 9.98. The zero-order valence-electron chi connectivity index (χ0n) is 12.8. The van der Waals surface area contributed by atoms with Gasteiger partial charge in [-0.25, -0.2) is 0 Å². The van der Waals surface area contributed by atoms with Gasteiger partial charge >= 0.3 is 0 Å². The molecular formula is C17H23NO3. The molecule has 114 valence electrons. The molecule has 0 aliphatic heterocycles. The average Bonchev–Trinajstić information content (AvgIpc) is 2.98. The summed E-state index contributed by atoms with van der Waals surface area (Å²) in [5, 5.41) is 13.2. The van der Waals surface area contributed by atoms with E-state index in [1.165, 1.54) is 5.56 Å². The van der Waals surface area contributed by atoms with Gasteiger partial charge in [-0.1, -0.05) is 17.7 Å². The molecule has 0 spiro atoms. The smallest absolute Gasteiger partial charge is 0.122 e. The second-order valence-electron chi connectivity index (χ2n) is 5.38. The molecule has 0 amide bonds. The molecule has 0 radical (unpaired) electrons. The second kappa shape index (κ2) is 7.29. The fourth-order valence-corrected chi connectivity index (χ4v) is 2.16. The van der Waals surface area contributed by atoms with Crippen LogP contribution >= 0.6 is 0 Å². The second-order valence-corrected chi connectivity index (χ2v) is 5.38. The van der Waals surface area contributed by atoms with Crippen molar-refractivity contribution in [3.63, 3.8) is 0 Å². The van der Waals surface area contributed by atoms with Crippen LogP contribution in [0.1, 0.15) is 29.9 Å². The molecule has 2 rings (SSSR count). The van der Waals surface area contributed by atoms with Crippen molar-refractivity contribution < 1.29 is 14.3 Å². The molecule has 0 bridgehead atoms. The minimum absolute atomic E-state index is 0.0655. The highest BCUT2D eigenvalue weighted by Crippen LogP contribution is 2.19. The number of benzene rings is 1. The third-order valence-electron chi connectivity index (χ3n) is 3.39. The monoisotopic (exact) mass is 289 g/mol. The largest absolute Gasteiger partial charge is 0.491 e. The molecular weight excluding hydrogens is 266 g/mol. The first-order chi connectivity index (χ1) is 10.1. The highest BCUT2D eigenvalue weighted by atomic mass is 16.5. The lowest BCUT2D eigenvalue weighted by molar-refractivity contribution is 0.103. The summed E-state index contributed by atoms with van der Waals surface area (Å²) < 4.78 is 11.0. The normalized spacial score (nSPS) is 13.9. The first-order valence-electron chi connectivity index (χ1n) is 7.21. The molecule has 21 heavy (non-hydrogen) atoms. The number of nitrogens with one attached hydrogen (secondary N) is 1. The molecule has 4 nitrogen and oxygen atoms in total. The van der Waals surface area contributed by atoms with Crippen molar-refractivity contribution >= 4 is 0 Å². The molecule has 1 aromatic heterocycles. The Hall–Kier alpha value is -1.78. The summed E-state index contributed by atoms with van der Waals surface area (Å²) in [5.74, 6) is 1.68. The van der Waals surface area contributed by atoms with Crippen molar-refractivity contribution in [2.45, 2.75) is 32.9 Å². The van der Waals surface area contributed by atoms with Crippen LogP contribution in [-0.2, 0) is 0 Å². The van der Waals surface area contributed by atoms with E-state index in [1.807, 2.05) is 45.0 Å². The van der Waals surface area contributed by atoms with Crippen LogP contribution in [0.25, 0.3) is 0 Å². The van der Waals surface area contributed by atoms with E-state index in [-0.39, 0.29) is 12.6 Å². The molecule has 0 fully saturated rings. The summed E-state index contributed by atoms with van der Waals surface area (Å²) in [6.45, 7) is 6.77. The van der Waals surface area contributed by atoms with Crippen molar-refractivity contribution in [1.82, 2.24) is 5.32 Å². The van der Waals surface area contributed by atoms with E-state index in [4.69, 9.17) is 9.15 Å². The molecule has 1 aromatic carbocycles. The summed E-state index contributed by atoms with van der Waals surface area (Å²) >= 11 is 0. The van der Waals surface area contributed by atoms with Gasteiger partial charge in [-0.2, -0.15) is 0 Å². The maximum absolute atomic E-state index is 9.98. The van der Waals surface area contributed by atoms with Crippen LogP contribution in [0.15, 0.2) is 41.0 Å². The van der Waals surface area contributed by atoms with Gasteiger partial charge in [-0.3, -0.25) is 0 Å². The first-order valence-corrected chi connectivity index (χ1v) is 7.21. The summed E-state index contributed by atoms with van der Waals surface area (Å²) in [6, 6.07) is 9.85. The van der Waals surface area contributed by atoms with Crippen LogP contribution < -0.4 is 10.1 Å². The fourth-order valence-electron chi connectivity index (χ4n) is 2.16. The van der Waals surface area contributed by atoms with Crippen LogP contribution in [0, 0.1) is 13.8 Å². The van der Waals surface area contributed by atoms with Gasteiger partial charge in [0.05, 0.1) is 12.3 Å². The highest BCUT2D eigenvalue weighted by Gasteiger charge is 2.11. The number of hydrogen-bond acceptors (Lipinski definition) is 4. The van der Waals surface area contributed by atoms with Crippen LogP contribution in [-0.4, -0.2) is 24.4 Å². The van der Waals surface area contributed by atoms with Gasteiger partial charge in [0.1, 0.15) is 24.2 Å².